The number of allylic oxidation sites excluding steroid dienone is 3. The molecule has 0 spiro atoms. The van der Waals surface area contributed by atoms with E-state index in [4.69, 9.17) is 14.2 Å². The predicted molar refractivity (Wildman–Crippen MR) is 102 cm³/mol. The molecule has 27 heavy (non-hydrogen) atoms. The quantitative estimate of drug-likeness (QED) is 0.300. The highest BCUT2D eigenvalue weighted by molar-refractivity contribution is 5.91. The first-order chi connectivity index (χ1) is 12.7. The molecule has 2 fully saturated rings. The summed E-state index contributed by atoms with van der Waals surface area (Å²) in [4.78, 5) is 23.9. The van der Waals surface area contributed by atoms with E-state index < -0.39 is 18.2 Å². The molecule has 0 aromatic carbocycles. The molecule has 0 aromatic heterocycles. The molecule has 3 aliphatic rings. The molecule has 3 rings (SSSR count). The van der Waals surface area contributed by atoms with E-state index in [1.165, 1.54) is 12.5 Å². The first-order valence-electron chi connectivity index (χ1n) is 9.78. The summed E-state index contributed by atoms with van der Waals surface area (Å²) in [6.45, 7) is 11.5. The van der Waals surface area contributed by atoms with Crippen LogP contribution in [0, 0.1) is 5.92 Å². The van der Waals surface area contributed by atoms with Crippen molar-refractivity contribution in [3.05, 3.63) is 35.5 Å². The van der Waals surface area contributed by atoms with Gasteiger partial charge >= 0.3 is 11.9 Å². The van der Waals surface area contributed by atoms with Crippen LogP contribution >= 0.6 is 0 Å². The number of carbonyl (C=O) groups excluding carboxylic acids is 2. The van der Waals surface area contributed by atoms with Crippen molar-refractivity contribution in [1.82, 2.24) is 0 Å². The van der Waals surface area contributed by atoms with E-state index in [2.05, 4.69) is 32.6 Å². The first kappa shape index (κ1) is 19.9. The van der Waals surface area contributed by atoms with Gasteiger partial charge in [-0.15, -0.1) is 0 Å². The van der Waals surface area contributed by atoms with E-state index in [-0.39, 0.29) is 23.6 Å². The van der Waals surface area contributed by atoms with Gasteiger partial charge in [-0.25, -0.2) is 4.79 Å². The molecule has 0 unspecified atom stereocenters. The fourth-order valence-corrected chi connectivity index (χ4v) is 4.17. The van der Waals surface area contributed by atoms with Crippen molar-refractivity contribution in [1.29, 1.82) is 0 Å². The van der Waals surface area contributed by atoms with E-state index in [0.717, 1.165) is 31.3 Å². The smallest absolute Gasteiger partial charge is 0.334 e. The molecule has 0 amide bonds. The highest BCUT2D eigenvalue weighted by Gasteiger charge is 2.55. The molecule has 2 heterocycles. The van der Waals surface area contributed by atoms with Crippen LogP contribution in [0.5, 0.6) is 0 Å². The third kappa shape index (κ3) is 4.34. The fraction of sp³-hybridized carbons (Fsp3) is 0.636. The Hall–Kier alpha value is -1.88. The van der Waals surface area contributed by atoms with Gasteiger partial charge in [-0.3, -0.25) is 4.79 Å². The average molecular weight is 374 g/mol. The molecule has 0 radical (unpaired) electrons. The van der Waals surface area contributed by atoms with Crippen molar-refractivity contribution >= 4 is 11.9 Å². The second-order valence-electron chi connectivity index (χ2n) is 8.26. The number of hydrogen-bond donors (Lipinski definition) is 0. The topological polar surface area (TPSA) is 65.1 Å². The van der Waals surface area contributed by atoms with Gasteiger partial charge in [-0.2, -0.15) is 0 Å². The summed E-state index contributed by atoms with van der Waals surface area (Å²) in [7, 11) is 0. The lowest BCUT2D eigenvalue weighted by atomic mass is 9.84. The van der Waals surface area contributed by atoms with Crippen LogP contribution in [0.4, 0.5) is 0 Å². The van der Waals surface area contributed by atoms with Crippen LogP contribution in [-0.2, 0) is 23.8 Å². The van der Waals surface area contributed by atoms with Crippen molar-refractivity contribution < 1.29 is 23.8 Å². The molecule has 0 saturated carbocycles. The van der Waals surface area contributed by atoms with Gasteiger partial charge in [0.05, 0.1) is 11.7 Å². The monoisotopic (exact) mass is 374 g/mol. The number of fused-ring (bicyclic) bond motifs is 2. The van der Waals surface area contributed by atoms with Crippen molar-refractivity contribution in [2.24, 2.45) is 5.92 Å². The zero-order chi connectivity index (χ0) is 19.8. The Kier molecular flexibility index (Phi) is 5.61. The molecular weight excluding hydrogens is 344 g/mol. The van der Waals surface area contributed by atoms with Gasteiger partial charge in [0.2, 0.25) is 0 Å². The number of epoxide rings is 1. The molecule has 148 valence electrons. The van der Waals surface area contributed by atoms with Crippen LogP contribution in [0.25, 0.3) is 0 Å². The molecule has 5 nitrogen and oxygen atoms in total. The van der Waals surface area contributed by atoms with Crippen molar-refractivity contribution in [2.75, 3.05) is 0 Å². The second kappa shape index (κ2) is 7.63. The summed E-state index contributed by atoms with van der Waals surface area (Å²) >= 11 is 0. The lowest BCUT2D eigenvalue weighted by molar-refractivity contribution is -0.157. The largest absolute Gasteiger partial charge is 0.454 e. The molecule has 5 atom stereocenters. The molecule has 5 heteroatoms. The molecule has 2 saturated heterocycles. The van der Waals surface area contributed by atoms with Crippen LogP contribution in [0.15, 0.2) is 35.5 Å². The number of ether oxygens (including phenoxy) is 3. The average Bonchev–Trinajstić information content (AvgIpc) is 3.14. The molecular formula is C22H30O5. The van der Waals surface area contributed by atoms with Crippen LogP contribution in [0.1, 0.15) is 59.8 Å². The maximum Gasteiger partial charge on any atom is 0.334 e. The highest BCUT2D eigenvalue weighted by atomic mass is 16.6. The number of hydrogen-bond acceptors (Lipinski definition) is 5. The minimum atomic E-state index is -0.590. The second-order valence-corrected chi connectivity index (χ2v) is 8.26. The SMILES string of the molecule is C=C1C(=O)O[C@@H]2[C@H](OC(C)=O)/C(C)=C/CC/C(C)=C\CC[C@]3(C)O[C@H]3C[C@@H]12. The predicted octanol–water partition coefficient (Wildman–Crippen LogP) is 4.03. The maximum atomic E-state index is 12.2. The van der Waals surface area contributed by atoms with Crippen LogP contribution in [-0.4, -0.2) is 35.9 Å². The fourth-order valence-electron chi connectivity index (χ4n) is 4.17. The first-order valence-corrected chi connectivity index (χ1v) is 9.78. The van der Waals surface area contributed by atoms with Gasteiger partial charge < -0.3 is 14.2 Å². The minimum Gasteiger partial charge on any atom is -0.454 e. The van der Waals surface area contributed by atoms with E-state index >= 15 is 0 Å². The van der Waals surface area contributed by atoms with Crippen molar-refractivity contribution in [3.8, 4) is 0 Å². The third-order valence-electron chi connectivity index (χ3n) is 6.03. The third-order valence-corrected chi connectivity index (χ3v) is 6.03. The van der Waals surface area contributed by atoms with Gasteiger partial charge in [0.1, 0.15) is 6.10 Å². The normalized spacial score (nSPS) is 41.0. The lowest BCUT2D eigenvalue weighted by Crippen LogP contribution is -2.37. The number of carbonyl (C=O) groups is 2. The number of rotatable bonds is 1. The lowest BCUT2D eigenvalue weighted by Gasteiger charge is -2.27. The van der Waals surface area contributed by atoms with Gasteiger partial charge in [-0.1, -0.05) is 24.3 Å². The minimum absolute atomic E-state index is 0.0650. The Balaban J connectivity index is 1.92. The highest BCUT2D eigenvalue weighted by Crippen LogP contribution is 2.47. The molecule has 2 aliphatic heterocycles. The summed E-state index contributed by atoms with van der Waals surface area (Å²) in [6.07, 6.45) is 7.70. The summed E-state index contributed by atoms with van der Waals surface area (Å²) in [5.74, 6) is -0.999. The van der Waals surface area contributed by atoms with Crippen LogP contribution in [0.3, 0.4) is 0 Å². The molecule has 1 aliphatic carbocycles. The van der Waals surface area contributed by atoms with E-state index in [1.807, 2.05) is 6.92 Å². The summed E-state index contributed by atoms with van der Waals surface area (Å²) in [6, 6.07) is 0. The Labute approximate surface area is 161 Å². The van der Waals surface area contributed by atoms with E-state index in [1.54, 1.807) is 0 Å². The maximum absolute atomic E-state index is 12.2. The molecule has 0 N–H and O–H groups in total. The van der Waals surface area contributed by atoms with Gasteiger partial charge in [0.25, 0.3) is 0 Å². The Morgan fingerprint density at radius 1 is 1.30 bits per heavy atom. The Morgan fingerprint density at radius 3 is 2.74 bits per heavy atom. The van der Waals surface area contributed by atoms with Crippen molar-refractivity contribution in [2.45, 2.75) is 83.7 Å². The summed E-state index contributed by atoms with van der Waals surface area (Å²) in [5, 5.41) is 0. The Morgan fingerprint density at radius 2 is 2.04 bits per heavy atom. The zero-order valence-electron chi connectivity index (χ0n) is 16.7. The van der Waals surface area contributed by atoms with Crippen LogP contribution < -0.4 is 0 Å². The Bertz CT molecular complexity index is 703. The van der Waals surface area contributed by atoms with Gasteiger partial charge in [-0.05, 0) is 58.4 Å². The molecule has 0 bridgehead atoms. The summed E-state index contributed by atoms with van der Waals surface area (Å²) in [5.41, 5.74) is 2.54. The van der Waals surface area contributed by atoms with E-state index in [9.17, 15) is 9.59 Å². The van der Waals surface area contributed by atoms with Crippen molar-refractivity contribution in [3.63, 3.8) is 0 Å². The molecule has 0 aromatic rings. The van der Waals surface area contributed by atoms with E-state index in [0.29, 0.717) is 12.0 Å². The standard InChI is InChI=1S/C22H30O5/c1-13-8-6-10-14(2)19(25-16(4)23)20-17(15(3)21(24)26-20)12-18-22(5,27-18)11-7-9-13/h9-10,17-20H,3,6-8,11-12H2,1-2,4-5H3/b13-9-,14-10+/t17-,18-,19+,20-,22-/m0/s1. The summed E-state index contributed by atoms with van der Waals surface area (Å²) < 4.78 is 17.2. The zero-order valence-corrected chi connectivity index (χ0v) is 16.7. The van der Waals surface area contributed by atoms with Crippen LogP contribution in [0.2, 0.25) is 0 Å². The van der Waals surface area contributed by atoms with Gasteiger partial charge in [0.15, 0.2) is 6.10 Å². The number of esters is 2. The van der Waals surface area contributed by atoms with Gasteiger partial charge in [0, 0.05) is 18.4 Å².